The Morgan fingerprint density at radius 1 is 0.682 bits per heavy atom. The zero-order valence-corrected chi connectivity index (χ0v) is 27.4. The van der Waals surface area contributed by atoms with E-state index < -0.39 is 49.4 Å². The summed E-state index contributed by atoms with van der Waals surface area (Å²) >= 11 is 0. The van der Waals surface area contributed by atoms with Crippen molar-refractivity contribution in [1.82, 2.24) is 0 Å². The first kappa shape index (κ1) is 40.5. The second-order valence-corrected chi connectivity index (χ2v) is 12.0. The smallest absolute Gasteiger partial charge is 0.306 e. The van der Waals surface area contributed by atoms with Crippen LogP contribution in [0.15, 0.2) is 12.2 Å². The van der Waals surface area contributed by atoms with Crippen molar-refractivity contribution in [2.75, 3.05) is 19.8 Å². The van der Waals surface area contributed by atoms with Crippen LogP contribution in [0.3, 0.4) is 0 Å². The Kier molecular flexibility index (Phi) is 24.5. The van der Waals surface area contributed by atoms with Gasteiger partial charge >= 0.3 is 11.9 Å². The van der Waals surface area contributed by atoms with Gasteiger partial charge in [-0.05, 0) is 32.1 Å². The highest BCUT2D eigenvalue weighted by molar-refractivity contribution is 5.70. The number of allylic oxidation sites excluding steroid dienone is 2. The number of aliphatic hydroxyl groups is 4. The molecule has 1 fully saturated rings. The summed E-state index contributed by atoms with van der Waals surface area (Å²) in [4.78, 5) is 24.9. The number of esters is 2. The van der Waals surface area contributed by atoms with Gasteiger partial charge in [0.15, 0.2) is 12.4 Å². The molecule has 0 radical (unpaired) electrons. The van der Waals surface area contributed by atoms with Crippen molar-refractivity contribution in [2.45, 2.75) is 173 Å². The number of carbonyl (C=O) groups excluding carboxylic acids is 2. The fourth-order valence-corrected chi connectivity index (χ4v) is 5.05. The normalized spacial score (nSPS) is 22.7. The van der Waals surface area contributed by atoms with E-state index in [-0.39, 0.29) is 32.0 Å². The third-order valence-corrected chi connectivity index (χ3v) is 7.90. The highest BCUT2D eigenvalue weighted by Crippen LogP contribution is 2.22. The van der Waals surface area contributed by atoms with Crippen molar-refractivity contribution in [3.63, 3.8) is 0 Å². The van der Waals surface area contributed by atoms with E-state index in [0.717, 1.165) is 57.8 Å². The fourth-order valence-electron chi connectivity index (χ4n) is 5.05. The Morgan fingerprint density at radius 2 is 1.23 bits per heavy atom. The molecule has 6 atom stereocenters. The molecule has 0 spiro atoms. The Hall–Kier alpha value is -1.56. The lowest BCUT2D eigenvalue weighted by Gasteiger charge is -2.39. The first-order valence-electron chi connectivity index (χ1n) is 17.3. The molecule has 1 rings (SSSR count). The highest BCUT2D eigenvalue weighted by Gasteiger charge is 2.44. The summed E-state index contributed by atoms with van der Waals surface area (Å²) in [5, 5.41) is 39.7. The van der Waals surface area contributed by atoms with Gasteiger partial charge in [0.05, 0.1) is 13.2 Å². The van der Waals surface area contributed by atoms with Gasteiger partial charge in [0.25, 0.3) is 0 Å². The second-order valence-electron chi connectivity index (χ2n) is 12.0. The average molecular weight is 631 g/mol. The molecular formula is C34H62O10. The molecular weight excluding hydrogens is 568 g/mol. The third-order valence-electron chi connectivity index (χ3n) is 7.90. The van der Waals surface area contributed by atoms with Crippen molar-refractivity contribution < 1.29 is 49.0 Å². The topological polar surface area (TPSA) is 152 Å². The molecule has 1 heterocycles. The Morgan fingerprint density at radius 3 is 1.84 bits per heavy atom. The Labute approximate surface area is 265 Å². The van der Waals surface area contributed by atoms with E-state index in [0.29, 0.717) is 6.42 Å². The van der Waals surface area contributed by atoms with Crippen LogP contribution in [0.4, 0.5) is 0 Å². The van der Waals surface area contributed by atoms with E-state index in [4.69, 9.17) is 18.9 Å². The number of hydrogen-bond donors (Lipinski definition) is 4. The molecule has 0 aromatic heterocycles. The van der Waals surface area contributed by atoms with Crippen molar-refractivity contribution in [3.05, 3.63) is 12.2 Å². The molecule has 10 nitrogen and oxygen atoms in total. The number of hydrogen-bond acceptors (Lipinski definition) is 10. The van der Waals surface area contributed by atoms with Gasteiger partial charge in [-0.15, -0.1) is 0 Å². The number of carbonyl (C=O) groups is 2. The molecule has 1 aliphatic heterocycles. The predicted octanol–water partition coefficient (Wildman–Crippen LogP) is 5.27. The number of aliphatic hydroxyl groups excluding tert-OH is 4. The van der Waals surface area contributed by atoms with Crippen LogP contribution in [-0.2, 0) is 28.5 Å². The van der Waals surface area contributed by atoms with Gasteiger partial charge < -0.3 is 39.4 Å². The van der Waals surface area contributed by atoms with Crippen LogP contribution in [-0.4, -0.2) is 89.0 Å². The summed E-state index contributed by atoms with van der Waals surface area (Å²) in [6.07, 6.45) is 15.3. The predicted molar refractivity (Wildman–Crippen MR) is 169 cm³/mol. The molecule has 0 saturated carbocycles. The van der Waals surface area contributed by atoms with E-state index in [2.05, 4.69) is 26.0 Å². The minimum atomic E-state index is -1.59. The third kappa shape index (κ3) is 19.1. The monoisotopic (exact) mass is 630 g/mol. The van der Waals surface area contributed by atoms with Gasteiger partial charge in [-0.2, -0.15) is 0 Å². The summed E-state index contributed by atoms with van der Waals surface area (Å²) < 4.78 is 21.9. The lowest BCUT2D eigenvalue weighted by atomic mass is 9.99. The van der Waals surface area contributed by atoms with Gasteiger partial charge in [-0.1, -0.05) is 103 Å². The van der Waals surface area contributed by atoms with Crippen molar-refractivity contribution in [2.24, 2.45) is 0 Å². The highest BCUT2D eigenvalue weighted by atomic mass is 16.7. The van der Waals surface area contributed by atoms with E-state index >= 15 is 0 Å². The maximum absolute atomic E-state index is 12.6. The average Bonchev–Trinajstić information content (AvgIpc) is 3.02. The molecule has 0 amide bonds. The quantitative estimate of drug-likeness (QED) is 0.0537. The Balaban J connectivity index is 2.46. The molecule has 44 heavy (non-hydrogen) atoms. The number of unbranched alkanes of at least 4 members (excludes halogenated alkanes) is 14. The molecule has 258 valence electrons. The minimum Gasteiger partial charge on any atom is -0.462 e. The van der Waals surface area contributed by atoms with E-state index in [9.17, 15) is 30.0 Å². The van der Waals surface area contributed by atoms with Crippen molar-refractivity contribution in [3.8, 4) is 0 Å². The summed E-state index contributed by atoms with van der Waals surface area (Å²) in [6, 6.07) is 0. The van der Waals surface area contributed by atoms with Gasteiger partial charge in [0.1, 0.15) is 31.0 Å². The standard InChI is InChI=1S/C34H62O10/c1-3-5-7-9-11-13-14-15-17-19-21-23-30(37)43-27(25-41-29(36)22-20-18-16-12-10-8-6-4-2)26-42-34-33(40)32(39)31(38)28(24-35)44-34/h9,11,27-28,31-35,38-40H,3-8,10,12-26H2,1-2H3/b11-9-. The van der Waals surface area contributed by atoms with Gasteiger partial charge in [0.2, 0.25) is 0 Å². The lowest BCUT2D eigenvalue weighted by molar-refractivity contribution is -0.305. The summed E-state index contributed by atoms with van der Waals surface area (Å²) in [5.74, 6) is -0.824. The molecule has 10 heteroatoms. The number of ether oxygens (including phenoxy) is 4. The van der Waals surface area contributed by atoms with E-state index in [1.165, 1.54) is 44.9 Å². The van der Waals surface area contributed by atoms with E-state index in [1.54, 1.807) is 0 Å². The van der Waals surface area contributed by atoms with Crippen LogP contribution in [0.5, 0.6) is 0 Å². The van der Waals surface area contributed by atoms with Gasteiger partial charge in [-0.3, -0.25) is 9.59 Å². The minimum absolute atomic E-state index is 0.217. The number of rotatable bonds is 27. The van der Waals surface area contributed by atoms with Crippen LogP contribution in [0.2, 0.25) is 0 Å². The molecule has 1 aliphatic rings. The molecule has 0 aliphatic carbocycles. The van der Waals surface area contributed by atoms with Crippen molar-refractivity contribution in [1.29, 1.82) is 0 Å². The maximum atomic E-state index is 12.6. The van der Waals surface area contributed by atoms with Crippen LogP contribution in [0.1, 0.15) is 136 Å². The maximum Gasteiger partial charge on any atom is 0.306 e. The lowest BCUT2D eigenvalue weighted by Crippen LogP contribution is -2.59. The van der Waals surface area contributed by atoms with Gasteiger partial charge in [0, 0.05) is 12.8 Å². The molecule has 1 saturated heterocycles. The summed E-state index contributed by atoms with van der Waals surface area (Å²) in [5.41, 5.74) is 0. The molecule has 4 N–H and O–H groups in total. The first-order chi connectivity index (χ1) is 21.3. The first-order valence-corrected chi connectivity index (χ1v) is 17.3. The molecule has 0 bridgehead atoms. The molecule has 0 aromatic rings. The molecule has 6 unspecified atom stereocenters. The van der Waals surface area contributed by atoms with Crippen molar-refractivity contribution >= 4 is 11.9 Å². The summed E-state index contributed by atoms with van der Waals surface area (Å²) in [7, 11) is 0. The zero-order chi connectivity index (χ0) is 32.4. The summed E-state index contributed by atoms with van der Waals surface area (Å²) in [6.45, 7) is 3.30. The Bertz CT molecular complexity index is 744. The SMILES string of the molecule is CCCC/C=C\CCCCCCCC(=O)OC(COC(=O)CCCCCCCCCC)COC1OC(CO)C(O)C(O)C1O. The zero-order valence-electron chi connectivity index (χ0n) is 27.4. The van der Waals surface area contributed by atoms with E-state index in [1.807, 2.05) is 0 Å². The molecule has 0 aromatic carbocycles. The van der Waals surface area contributed by atoms with Crippen LogP contribution < -0.4 is 0 Å². The second kappa shape index (κ2) is 26.6. The van der Waals surface area contributed by atoms with Crippen LogP contribution >= 0.6 is 0 Å². The van der Waals surface area contributed by atoms with Gasteiger partial charge in [-0.25, -0.2) is 0 Å². The van der Waals surface area contributed by atoms with Crippen LogP contribution in [0.25, 0.3) is 0 Å². The fraction of sp³-hybridized carbons (Fsp3) is 0.882. The van der Waals surface area contributed by atoms with Crippen LogP contribution in [0, 0.1) is 0 Å². The largest absolute Gasteiger partial charge is 0.462 e.